The molecule has 27 heavy (non-hydrogen) atoms. The van der Waals surface area contributed by atoms with E-state index < -0.39 is 16.1 Å². The first-order valence-corrected chi connectivity index (χ1v) is 11.0. The second-order valence-corrected chi connectivity index (χ2v) is 8.94. The van der Waals surface area contributed by atoms with Crippen LogP contribution >= 0.6 is 11.6 Å². The number of nitrogens with zero attached hydrogens (tertiary/aromatic N) is 1. The molecule has 0 saturated heterocycles. The number of carbonyl (C=O) groups excluding carboxylic acids is 1. The van der Waals surface area contributed by atoms with E-state index in [0.717, 1.165) is 23.4 Å². The highest BCUT2D eigenvalue weighted by molar-refractivity contribution is 7.92. The third-order valence-corrected chi connectivity index (χ3v) is 5.73. The van der Waals surface area contributed by atoms with Crippen molar-refractivity contribution >= 4 is 33.2 Å². The van der Waals surface area contributed by atoms with Gasteiger partial charge < -0.3 is 5.32 Å². The van der Waals surface area contributed by atoms with Gasteiger partial charge in [0, 0.05) is 11.1 Å². The molecule has 0 saturated carbocycles. The van der Waals surface area contributed by atoms with Crippen LogP contribution in [0.4, 0.5) is 5.69 Å². The predicted molar refractivity (Wildman–Crippen MR) is 111 cm³/mol. The summed E-state index contributed by atoms with van der Waals surface area (Å²) in [6.45, 7) is 3.49. The van der Waals surface area contributed by atoms with Crippen LogP contribution in [0.1, 0.15) is 25.8 Å². The summed E-state index contributed by atoms with van der Waals surface area (Å²) in [5.41, 5.74) is 1.56. The van der Waals surface area contributed by atoms with Crippen molar-refractivity contribution in [1.82, 2.24) is 5.32 Å². The molecule has 146 valence electrons. The van der Waals surface area contributed by atoms with Crippen molar-refractivity contribution in [3.8, 4) is 0 Å². The maximum Gasteiger partial charge on any atom is 0.243 e. The minimum absolute atomic E-state index is 0.0825. The molecule has 7 heteroatoms. The molecule has 0 aliphatic carbocycles. The molecule has 0 bridgehead atoms. The number of sulfonamides is 1. The minimum Gasteiger partial charge on any atom is -0.352 e. The van der Waals surface area contributed by atoms with Gasteiger partial charge in [-0.3, -0.25) is 9.10 Å². The van der Waals surface area contributed by atoms with Gasteiger partial charge in [-0.2, -0.15) is 0 Å². The Kier molecular flexibility index (Phi) is 7.27. The predicted octanol–water partition coefficient (Wildman–Crippen LogP) is 3.63. The van der Waals surface area contributed by atoms with Crippen LogP contribution < -0.4 is 9.62 Å². The van der Waals surface area contributed by atoms with Crippen molar-refractivity contribution < 1.29 is 13.2 Å². The van der Waals surface area contributed by atoms with Gasteiger partial charge >= 0.3 is 0 Å². The highest BCUT2D eigenvalue weighted by Gasteiger charge is 2.29. The number of anilines is 1. The second-order valence-electron chi connectivity index (χ2n) is 6.65. The number of hydrogen-bond acceptors (Lipinski definition) is 3. The Morgan fingerprint density at radius 1 is 1.11 bits per heavy atom. The first kappa shape index (κ1) is 21.3. The van der Waals surface area contributed by atoms with Gasteiger partial charge in [-0.25, -0.2) is 8.42 Å². The van der Waals surface area contributed by atoms with Gasteiger partial charge in [0.2, 0.25) is 15.9 Å². The van der Waals surface area contributed by atoms with Crippen molar-refractivity contribution in [3.05, 3.63) is 65.2 Å². The van der Waals surface area contributed by atoms with Gasteiger partial charge in [-0.05, 0) is 50.5 Å². The maximum atomic E-state index is 12.7. The molecule has 2 atom stereocenters. The fourth-order valence-electron chi connectivity index (χ4n) is 2.89. The quantitative estimate of drug-likeness (QED) is 0.725. The van der Waals surface area contributed by atoms with Gasteiger partial charge in [-0.15, -0.1) is 0 Å². The van der Waals surface area contributed by atoms with E-state index >= 15 is 0 Å². The maximum absolute atomic E-state index is 12.7. The second kappa shape index (κ2) is 9.24. The Balaban J connectivity index is 2.06. The first-order valence-electron chi connectivity index (χ1n) is 8.77. The molecule has 0 unspecified atom stereocenters. The topological polar surface area (TPSA) is 66.5 Å². The average molecular weight is 409 g/mol. The molecule has 5 nitrogen and oxygen atoms in total. The lowest BCUT2D eigenvalue weighted by atomic mass is 10.1. The smallest absolute Gasteiger partial charge is 0.243 e. The molecule has 0 heterocycles. The SMILES string of the molecule is C[C@H](CCc1ccccc1)NC(=O)[C@@H](C)N(c1cccc(Cl)c1)S(C)(=O)=O. The van der Waals surface area contributed by atoms with Crippen molar-refractivity contribution in [2.75, 3.05) is 10.6 Å². The minimum atomic E-state index is -3.66. The van der Waals surface area contributed by atoms with Crippen LogP contribution in [-0.2, 0) is 21.2 Å². The zero-order chi connectivity index (χ0) is 20.0. The molecule has 2 aromatic carbocycles. The van der Waals surface area contributed by atoms with E-state index in [1.807, 2.05) is 37.3 Å². The normalized spacial score (nSPS) is 13.6. The summed E-state index contributed by atoms with van der Waals surface area (Å²) in [5.74, 6) is -0.346. The lowest BCUT2D eigenvalue weighted by molar-refractivity contribution is -0.122. The average Bonchev–Trinajstić information content (AvgIpc) is 2.60. The van der Waals surface area contributed by atoms with E-state index in [0.29, 0.717) is 10.7 Å². The highest BCUT2D eigenvalue weighted by Crippen LogP contribution is 2.24. The van der Waals surface area contributed by atoms with Gasteiger partial charge in [-0.1, -0.05) is 48.0 Å². The Bertz CT molecular complexity index is 872. The standard InChI is InChI=1S/C20H25ClN2O3S/c1-15(12-13-17-8-5-4-6-9-17)22-20(24)16(2)23(27(3,25)26)19-11-7-10-18(21)14-19/h4-11,14-16H,12-13H2,1-3H3,(H,22,24)/t15-,16-/m1/s1. The van der Waals surface area contributed by atoms with Gasteiger partial charge in [0.25, 0.3) is 0 Å². The molecule has 0 fully saturated rings. The van der Waals surface area contributed by atoms with Crippen LogP contribution in [0.3, 0.4) is 0 Å². The summed E-state index contributed by atoms with van der Waals surface area (Å²) in [4.78, 5) is 12.7. The Morgan fingerprint density at radius 2 is 1.78 bits per heavy atom. The number of hydrogen-bond donors (Lipinski definition) is 1. The summed E-state index contributed by atoms with van der Waals surface area (Å²) in [6, 6.07) is 15.5. The van der Waals surface area contributed by atoms with Crippen LogP contribution in [0.15, 0.2) is 54.6 Å². The number of rotatable bonds is 8. The van der Waals surface area contributed by atoms with E-state index in [2.05, 4.69) is 5.32 Å². The molecule has 0 radical (unpaired) electrons. The number of halogens is 1. The number of benzene rings is 2. The molecule has 1 N–H and O–H groups in total. The Labute approximate surface area is 166 Å². The molecular formula is C20H25ClN2O3S. The molecule has 2 aromatic rings. The number of amides is 1. The van der Waals surface area contributed by atoms with Gasteiger partial charge in [0.15, 0.2) is 0 Å². The van der Waals surface area contributed by atoms with Gasteiger partial charge in [0.1, 0.15) is 6.04 Å². The molecule has 1 amide bonds. The number of nitrogens with one attached hydrogen (secondary N) is 1. The van der Waals surface area contributed by atoms with E-state index in [4.69, 9.17) is 11.6 Å². The van der Waals surface area contributed by atoms with E-state index in [1.165, 1.54) is 11.6 Å². The van der Waals surface area contributed by atoms with E-state index in [-0.39, 0.29) is 11.9 Å². The summed E-state index contributed by atoms with van der Waals surface area (Å²) >= 11 is 5.99. The lowest BCUT2D eigenvalue weighted by Gasteiger charge is -2.29. The van der Waals surface area contributed by atoms with Crippen molar-refractivity contribution in [3.63, 3.8) is 0 Å². The largest absolute Gasteiger partial charge is 0.352 e. The van der Waals surface area contributed by atoms with Crippen molar-refractivity contribution in [1.29, 1.82) is 0 Å². The monoisotopic (exact) mass is 408 g/mol. The van der Waals surface area contributed by atoms with E-state index in [9.17, 15) is 13.2 Å². The fraction of sp³-hybridized carbons (Fsp3) is 0.350. The number of aryl methyl sites for hydroxylation is 1. The molecular weight excluding hydrogens is 384 g/mol. The summed E-state index contributed by atoms with van der Waals surface area (Å²) in [6.07, 6.45) is 2.68. The molecule has 0 spiro atoms. The summed E-state index contributed by atoms with van der Waals surface area (Å²) < 4.78 is 25.7. The van der Waals surface area contributed by atoms with Crippen molar-refractivity contribution in [2.45, 2.75) is 38.8 Å². The highest BCUT2D eigenvalue weighted by atomic mass is 35.5. The Hall–Kier alpha value is -2.05. The van der Waals surface area contributed by atoms with Gasteiger partial charge in [0.05, 0.1) is 11.9 Å². The molecule has 0 aliphatic heterocycles. The van der Waals surface area contributed by atoms with Crippen LogP contribution in [0, 0.1) is 0 Å². The molecule has 0 aromatic heterocycles. The molecule has 2 rings (SSSR count). The molecule has 0 aliphatic rings. The van der Waals surface area contributed by atoms with Crippen molar-refractivity contribution in [2.24, 2.45) is 0 Å². The van der Waals surface area contributed by atoms with Crippen LogP contribution in [0.2, 0.25) is 5.02 Å². The first-order chi connectivity index (χ1) is 12.7. The zero-order valence-corrected chi connectivity index (χ0v) is 17.3. The lowest BCUT2D eigenvalue weighted by Crippen LogP contribution is -2.50. The third kappa shape index (κ3) is 6.26. The fourth-order valence-corrected chi connectivity index (χ4v) is 4.24. The van der Waals surface area contributed by atoms with E-state index in [1.54, 1.807) is 25.1 Å². The Morgan fingerprint density at radius 3 is 2.37 bits per heavy atom. The number of carbonyl (C=O) groups is 1. The van der Waals surface area contributed by atoms with Crippen LogP contribution in [0.5, 0.6) is 0 Å². The van der Waals surface area contributed by atoms with Crippen LogP contribution in [-0.4, -0.2) is 32.7 Å². The zero-order valence-electron chi connectivity index (χ0n) is 15.7. The van der Waals surface area contributed by atoms with Crippen LogP contribution in [0.25, 0.3) is 0 Å². The third-order valence-electron chi connectivity index (χ3n) is 4.25. The summed E-state index contributed by atoms with van der Waals surface area (Å²) in [7, 11) is -3.66. The summed E-state index contributed by atoms with van der Waals surface area (Å²) in [5, 5.41) is 3.32.